The Hall–Kier alpha value is -0.100. The lowest BCUT2D eigenvalue weighted by molar-refractivity contribution is 0.275. The molecule has 0 spiro atoms. The molecule has 1 N–H and O–H groups in total. The molecule has 3 nitrogen and oxygen atoms in total. The van der Waals surface area contributed by atoms with Gasteiger partial charge in [-0.15, -0.1) is 0 Å². The van der Waals surface area contributed by atoms with E-state index in [0.29, 0.717) is 0 Å². The lowest BCUT2D eigenvalue weighted by Gasteiger charge is -1.84. The van der Waals surface area contributed by atoms with Gasteiger partial charge in [0.1, 0.15) is 5.69 Å². The number of aliphatic hydroxyl groups is 1. The topological polar surface area (TPSA) is 38.0 Å². The molecular formula is C5H7IN2O. The number of hydrogen-bond donors (Lipinski definition) is 1. The van der Waals surface area contributed by atoms with Crippen molar-refractivity contribution in [2.45, 2.75) is 6.61 Å². The summed E-state index contributed by atoms with van der Waals surface area (Å²) in [7, 11) is 1.83. The molecule has 1 rings (SSSR count). The van der Waals surface area contributed by atoms with Gasteiger partial charge in [0.15, 0.2) is 0 Å². The van der Waals surface area contributed by atoms with Crippen LogP contribution < -0.4 is 0 Å². The van der Waals surface area contributed by atoms with Gasteiger partial charge in [0.25, 0.3) is 0 Å². The minimum atomic E-state index is 0.0269. The van der Waals surface area contributed by atoms with Gasteiger partial charge in [0, 0.05) is 13.2 Å². The first-order valence-electron chi connectivity index (χ1n) is 2.53. The first-order chi connectivity index (χ1) is 4.24. The van der Waals surface area contributed by atoms with Crippen LogP contribution in [0.4, 0.5) is 0 Å². The normalized spacial score (nSPS) is 10.1. The van der Waals surface area contributed by atoms with Crippen LogP contribution in [0.15, 0.2) is 6.20 Å². The summed E-state index contributed by atoms with van der Waals surface area (Å²) in [6.45, 7) is 0.0269. The summed E-state index contributed by atoms with van der Waals surface area (Å²) in [5.74, 6) is 0. The van der Waals surface area contributed by atoms with E-state index in [1.54, 1.807) is 4.68 Å². The summed E-state index contributed by atoms with van der Waals surface area (Å²) < 4.78 is 2.70. The summed E-state index contributed by atoms with van der Waals surface area (Å²) in [4.78, 5) is 0. The second-order valence-corrected chi connectivity index (χ2v) is 2.92. The lowest BCUT2D eigenvalue weighted by Crippen LogP contribution is -1.90. The van der Waals surface area contributed by atoms with Crippen LogP contribution in [-0.2, 0) is 13.7 Å². The molecule has 1 aromatic heterocycles. The first-order valence-corrected chi connectivity index (χ1v) is 3.61. The number of rotatable bonds is 1. The third kappa shape index (κ3) is 1.42. The number of aromatic nitrogens is 2. The average Bonchev–Trinajstić information content (AvgIpc) is 2.10. The predicted molar refractivity (Wildman–Crippen MR) is 41.8 cm³/mol. The number of aryl methyl sites for hydroxylation is 1. The van der Waals surface area contributed by atoms with Gasteiger partial charge < -0.3 is 5.11 Å². The first kappa shape index (κ1) is 7.01. The van der Waals surface area contributed by atoms with E-state index in [9.17, 15) is 0 Å². The lowest BCUT2D eigenvalue weighted by atomic mass is 10.5. The average molecular weight is 238 g/mol. The highest BCUT2D eigenvalue weighted by Gasteiger charge is 2.00. The molecule has 9 heavy (non-hydrogen) atoms. The number of halogens is 1. The predicted octanol–water partition coefficient (Wildman–Crippen LogP) is 0.517. The largest absolute Gasteiger partial charge is 0.390 e. The molecule has 4 heteroatoms. The molecule has 0 atom stereocenters. The highest BCUT2D eigenvalue weighted by molar-refractivity contribution is 14.1. The fraction of sp³-hybridized carbons (Fsp3) is 0.400. The van der Waals surface area contributed by atoms with Gasteiger partial charge in [0.05, 0.1) is 10.2 Å². The van der Waals surface area contributed by atoms with Crippen LogP contribution in [0, 0.1) is 3.57 Å². The molecule has 0 unspecified atom stereocenters. The number of aliphatic hydroxyl groups excluding tert-OH is 1. The summed E-state index contributed by atoms with van der Waals surface area (Å²) in [6.07, 6.45) is 1.87. The summed E-state index contributed by atoms with van der Waals surface area (Å²) in [6, 6.07) is 0. The molecule has 50 valence electrons. The smallest absolute Gasteiger partial charge is 0.101 e. The van der Waals surface area contributed by atoms with Gasteiger partial charge in [-0.1, -0.05) is 0 Å². The maximum absolute atomic E-state index is 8.65. The molecule has 0 amide bonds. The van der Waals surface area contributed by atoms with Gasteiger partial charge in [0.2, 0.25) is 0 Å². The molecule has 0 aliphatic heterocycles. The monoisotopic (exact) mass is 238 g/mol. The molecule has 0 fully saturated rings. The Kier molecular flexibility index (Phi) is 2.07. The van der Waals surface area contributed by atoms with E-state index in [2.05, 4.69) is 27.7 Å². The molecule has 0 bridgehead atoms. The van der Waals surface area contributed by atoms with Gasteiger partial charge in [-0.25, -0.2) is 0 Å². The Morgan fingerprint density at radius 3 is 2.78 bits per heavy atom. The van der Waals surface area contributed by atoms with Crippen molar-refractivity contribution in [1.29, 1.82) is 0 Å². The quantitative estimate of drug-likeness (QED) is 0.724. The third-order valence-corrected chi connectivity index (χ3v) is 1.91. The van der Waals surface area contributed by atoms with Crippen molar-refractivity contribution in [3.8, 4) is 0 Å². The number of nitrogens with zero attached hydrogens (tertiary/aromatic N) is 2. The van der Waals surface area contributed by atoms with Crippen molar-refractivity contribution in [3.63, 3.8) is 0 Å². The van der Waals surface area contributed by atoms with Crippen molar-refractivity contribution in [2.24, 2.45) is 7.05 Å². The van der Waals surface area contributed by atoms with E-state index < -0.39 is 0 Å². The maximum atomic E-state index is 8.65. The van der Waals surface area contributed by atoms with Crippen LogP contribution in [-0.4, -0.2) is 14.9 Å². The van der Waals surface area contributed by atoms with E-state index in [-0.39, 0.29) is 6.61 Å². The zero-order valence-electron chi connectivity index (χ0n) is 5.00. The molecule has 1 heterocycles. The summed E-state index contributed by atoms with van der Waals surface area (Å²) in [5.41, 5.74) is 0.748. The fourth-order valence-corrected chi connectivity index (χ4v) is 1.29. The Morgan fingerprint density at radius 1 is 1.89 bits per heavy atom. The molecular weight excluding hydrogens is 231 g/mol. The Labute approximate surface area is 66.8 Å². The van der Waals surface area contributed by atoms with Crippen molar-refractivity contribution in [3.05, 3.63) is 15.5 Å². The molecule has 0 saturated heterocycles. The van der Waals surface area contributed by atoms with Gasteiger partial charge >= 0.3 is 0 Å². The van der Waals surface area contributed by atoms with Crippen molar-refractivity contribution in [2.75, 3.05) is 0 Å². The van der Waals surface area contributed by atoms with E-state index in [1.165, 1.54) is 0 Å². The van der Waals surface area contributed by atoms with Gasteiger partial charge in [-0.2, -0.15) is 5.10 Å². The van der Waals surface area contributed by atoms with Crippen molar-refractivity contribution < 1.29 is 5.11 Å². The minimum absolute atomic E-state index is 0.0269. The Balaban J connectivity index is 3.01. The molecule has 1 aromatic rings. The molecule has 0 aliphatic carbocycles. The van der Waals surface area contributed by atoms with Crippen molar-refractivity contribution >= 4 is 22.6 Å². The highest BCUT2D eigenvalue weighted by Crippen LogP contribution is 2.07. The van der Waals surface area contributed by atoms with Crippen LogP contribution in [0.5, 0.6) is 0 Å². The molecule has 0 saturated carbocycles. The van der Waals surface area contributed by atoms with Crippen LogP contribution in [0.25, 0.3) is 0 Å². The summed E-state index contributed by atoms with van der Waals surface area (Å²) >= 11 is 2.14. The Bertz CT molecular complexity index is 209. The maximum Gasteiger partial charge on any atom is 0.101 e. The molecule has 0 radical (unpaired) electrons. The second-order valence-electron chi connectivity index (χ2n) is 1.76. The second kappa shape index (κ2) is 2.66. The minimum Gasteiger partial charge on any atom is -0.390 e. The van der Waals surface area contributed by atoms with E-state index in [1.807, 2.05) is 13.2 Å². The number of hydrogen-bond acceptors (Lipinski definition) is 2. The summed E-state index contributed by atoms with van der Waals surface area (Å²) in [5, 5.41) is 12.6. The highest BCUT2D eigenvalue weighted by atomic mass is 127. The molecule has 0 aliphatic rings. The zero-order chi connectivity index (χ0) is 6.85. The van der Waals surface area contributed by atoms with Crippen LogP contribution in [0.2, 0.25) is 0 Å². The zero-order valence-corrected chi connectivity index (χ0v) is 7.16. The van der Waals surface area contributed by atoms with Crippen LogP contribution >= 0.6 is 22.6 Å². The fourth-order valence-electron chi connectivity index (χ4n) is 0.613. The van der Waals surface area contributed by atoms with Gasteiger partial charge in [-0.05, 0) is 22.6 Å². The van der Waals surface area contributed by atoms with Crippen molar-refractivity contribution in [1.82, 2.24) is 9.78 Å². The van der Waals surface area contributed by atoms with Gasteiger partial charge in [-0.3, -0.25) is 4.68 Å². The SMILES string of the molecule is Cn1cc(I)c(CO)n1. The van der Waals surface area contributed by atoms with Crippen LogP contribution in [0.1, 0.15) is 5.69 Å². The third-order valence-electron chi connectivity index (χ3n) is 1.00. The van der Waals surface area contributed by atoms with Crippen LogP contribution in [0.3, 0.4) is 0 Å². The van der Waals surface area contributed by atoms with E-state index in [4.69, 9.17) is 5.11 Å². The molecule has 0 aromatic carbocycles. The standard InChI is InChI=1S/C5H7IN2O/c1-8-2-4(6)5(3-9)7-8/h2,9H,3H2,1H3. The Morgan fingerprint density at radius 2 is 2.56 bits per heavy atom. The van der Waals surface area contributed by atoms with E-state index in [0.717, 1.165) is 9.26 Å². The van der Waals surface area contributed by atoms with E-state index >= 15 is 0 Å².